The fourth-order valence-electron chi connectivity index (χ4n) is 4.20. The fourth-order valence-corrected chi connectivity index (χ4v) is 4.20. The summed E-state index contributed by atoms with van der Waals surface area (Å²) in [6.45, 7) is 2.26. The molecule has 0 spiro atoms. The van der Waals surface area contributed by atoms with Crippen molar-refractivity contribution in [1.29, 1.82) is 0 Å². The highest BCUT2D eigenvalue weighted by Gasteiger charge is 2.41. The van der Waals surface area contributed by atoms with Gasteiger partial charge in [-0.25, -0.2) is 9.59 Å². The number of hydrogen-bond donors (Lipinski definition) is 2. The van der Waals surface area contributed by atoms with E-state index in [1.165, 1.54) is 33.3 Å². The molecule has 0 saturated heterocycles. The van der Waals surface area contributed by atoms with Gasteiger partial charge in [0.15, 0.2) is 5.78 Å². The summed E-state index contributed by atoms with van der Waals surface area (Å²) in [5.74, 6) is -4.56. The number of ether oxygens (including phenoxy) is 4. The van der Waals surface area contributed by atoms with Crippen LogP contribution in [0.1, 0.15) is 69.4 Å². The van der Waals surface area contributed by atoms with Crippen LogP contribution in [0.15, 0.2) is 60.7 Å². The van der Waals surface area contributed by atoms with E-state index >= 15 is 0 Å². The molecule has 0 aromatic heterocycles. The van der Waals surface area contributed by atoms with E-state index in [2.05, 4.69) is 9.47 Å². The first-order valence-electron chi connectivity index (χ1n) is 15.0. The first-order chi connectivity index (χ1) is 21.6. The van der Waals surface area contributed by atoms with E-state index in [0.29, 0.717) is 63.2 Å². The molecule has 0 aliphatic heterocycles. The van der Waals surface area contributed by atoms with Crippen molar-refractivity contribution in [3.05, 3.63) is 71.8 Å². The largest absolute Gasteiger partial charge is 0.494 e. The Labute approximate surface area is 264 Å². The van der Waals surface area contributed by atoms with Crippen LogP contribution in [0.3, 0.4) is 0 Å². The number of unbranched alkanes of at least 4 members (excludes halogenated alkanes) is 4. The standard InChI is InChI=1S/C35H44O10/c1-26(31(36)10-6-4-8-24-44-29-18-12-27(13-19-29)16-22-33(38)42-2)35(40,41)32(37)11-7-5-9-25-45-30-20-14-28(15-21-30)17-23-34(39)43-3/h12-23,26,40-41H,4-11,24-25H2,1-3H3. The summed E-state index contributed by atoms with van der Waals surface area (Å²) in [7, 11) is 2.63. The Morgan fingerprint density at radius 1 is 0.667 bits per heavy atom. The number of Topliss-reactive ketones (excluding diaryl/α,β-unsaturated/α-hetero) is 2. The van der Waals surface area contributed by atoms with Crippen molar-refractivity contribution in [1.82, 2.24) is 0 Å². The highest BCUT2D eigenvalue weighted by Crippen LogP contribution is 2.22. The number of aliphatic hydroxyl groups is 2. The van der Waals surface area contributed by atoms with Gasteiger partial charge in [-0.1, -0.05) is 24.3 Å². The summed E-state index contributed by atoms with van der Waals surface area (Å²) in [5, 5.41) is 20.8. The Kier molecular flexibility index (Phi) is 16.3. The number of methoxy groups -OCH3 is 2. The summed E-state index contributed by atoms with van der Waals surface area (Å²) in [4.78, 5) is 47.4. The van der Waals surface area contributed by atoms with Gasteiger partial charge in [-0.05, 0) is 93.0 Å². The molecule has 10 nitrogen and oxygen atoms in total. The lowest BCUT2D eigenvalue weighted by atomic mass is 9.88. The zero-order valence-corrected chi connectivity index (χ0v) is 26.2. The summed E-state index contributed by atoms with van der Waals surface area (Å²) in [6.07, 6.45) is 9.74. The minimum Gasteiger partial charge on any atom is -0.494 e. The van der Waals surface area contributed by atoms with Crippen molar-refractivity contribution in [2.24, 2.45) is 5.92 Å². The number of carbonyl (C=O) groups is 4. The van der Waals surface area contributed by atoms with Crippen LogP contribution in [-0.2, 0) is 28.7 Å². The van der Waals surface area contributed by atoms with Crippen LogP contribution in [0.2, 0.25) is 0 Å². The predicted octanol–water partition coefficient (Wildman–Crippen LogP) is 5.09. The minimum absolute atomic E-state index is 0.0499. The molecular formula is C35H44O10. The SMILES string of the molecule is COC(=O)C=Cc1ccc(OCCCCCC(=O)C(C)C(O)(O)C(=O)CCCCCOc2ccc(C=CC(=O)OC)cc2)cc1. The third-order valence-corrected chi connectivity index (χ3v) is 7.14. The lowest BCUT2D eigenvalue weighted by molar-refractivity contribution is -0.202. The summed E-state index contributed by atoms with van der Waals surface area (Å²) < 4.78 is 20.5. The Morgan fingerprint density at radius 2 is 1.09 bits per heavy atom. The average molecular weight is 625 g/mol. The number of esters is 2. The first kappa shape index (κ1) is 36.9. The summed E-state index contributed by atoms with van der Waals surface area (Å²) >= 11 is 0. The normalized spacial score (nSPS) is 12.2. The maximum absolute atomic E-state index is 12.6. The molecule has 0 fully saturated rings. The number of benzene rings is 2. The van der Waals surface area contributed by atoms with E-state index in [1.54, 1.807) is 36.4 Å². The van der Waals surface area contributed by atoms with Gasteiger partial charge in [-0.15, -0.1) is 0 Å². The van der Waals surface area contributed by atoms with E-state index in [0.717, 1.165) is 11.1 Å². The van der Waals surface area contributed by atoms with Crippen LogP contribution < -0.4 is 9.47 Å². The molecule has 2 aromatic carbocycles. The van der Waals surface area contributed by atoms with Crippen molar-refractivity contribution >= 4 is 35.7 Å². The molecule has 45 heavy (non-hydrogen) atoms. The van der Waals surface area contributed by atoms with Crippen LogP contribution in [0, 0.1) is 5.92 Å². The molecule has 0 aliphatic rings. The Bertz CT molecular complexity index is 1280. The predicted molar refractivity (Wildman–Crippen MR) is 169 cm³/mol. The quantitative estimate of drug-likeness (QED) is 0.0833. The first-order valence-corrected chi connectivity index (χ1v) is 15.0. The van der Waals surface area contributed by atoms with Gasteiger partial charge in [0, 0.05) is 25.0 Å². The zero-order chi connectivity index (χ0) is 33.1. The second-order valence-corrected chi connectivity index (χ2v) is 10.5. The highest BCUT2D eigenvalue weighted by molar-refractivity contribution is 5.93. The van der Waals surface area contributed by atoms with E-state index in [1.807, 2.05) is 24.3 Å². The van der Waals surface area contributed by atoms with Crippen LogP contribution in [0.25, 0.3) is 12.2 Å². The molecule has 244 valence electrons. The van der Waals surface area contributed by atoms with E-state index < -0.39 is 29.4 Å². The lowest BCUT2D eigenvalue weighted by Crippen LogP contribution is -2.47. The molecule has 1 atom stereocenters. The molecule has 0 saturated carbocycles. The number of carbonyl (C=O) groups excluding carboxylic acids is 4. The van der Waals surface area contributed by atoms with Gasteiger partial charge in [0.25, 0.3) is 0 Å². The van der Waals surface area contributed by atoms with Crippen molar-refractivity contribution in [3.8, 4) is 11.5 Å². The minimum atomic E-state index is -2.70. The molecule has 0 heterocycles. The Balaban J connectivity index is 1.59. The molecule has 2 N–H and O–H groups in total. The number of rotatable bonds is 21. The smallest absolute Gasteiger partial charge is 0.330 e. The third-order valence-electron chi connectivity index (χ3n) is 7.14. The van der Waals surface area contributed by atoms with Crippen molar-refractivity contribution in [2.45, 2.75) is 64.1 Å². The van der Waals surface area contributed by atoms with Crippen LogP contribution >= 0.6 is 0 Å². The molecule has 0 aliphatic carbocycles. The maximum atomic E-state index is 12.6. The summed E-state index contributed by atoms with van der Waals surface area (Å²) in [5.41, 5.74) is 1.66. The van der Waals surface area contributed by atoms with Gasteiger partial charge < -0.3 is 29.2 Å². The molecule has 10 heteroatoms. The Morgan fingerprint density at radius 3 is 1.51 bits per heavy atom. The average Bonchev–Trinajstić information content (AvgIpc) is 3.05. The van der Waals surface area contributed by atoms with Gasteiger partial charge >= 0.3 is 11.9 Å². The molecule has 0 radical (unpaired) electrons. The van der Waals surface area contributed by atoms with E-state index in [4.69, 9.17) is 9.47 Å². The van der Waals surface area contributed by atoms with Crippen LogP contribution in [0.4, 0.5) is 0 Å². The summed E-state index contributed by atoms with van der Waals surface area (Å²) in [6, 6.07) is 14.4. The van der Waals surface area contributed by atoms with E-state index in [9.17, 15) is 29.4 Å². The second kappa shape index (κ2) is 19.9. The number of ketones is 2. The fraction of sp³-hybridized carbons (Fsp3) is 0.429. The number of hydrogen-bond acceptors (Lipinski definition) is 10. The van der Waals surface area contributed by atoms with E-state index in [-0.39, 0.29) is 18.6 Å². The molecule has 0 amide bonds. The highest BCUT2D eigenvalue weighted by atomic mass is 16.5. The molecule has 1 unspecified atom stereocenters. The molecular weight excluding hydrogens is 580 g/mol. The van der Waals surface area contributed by atoms with Crippen molar-refractivity contribution < 1.29 is 48.3 Å². The second-order valence-electron chi connectivity index (χ2n) is 10.5. The van der Waals surface area contributed by atoms with Gasteiger partial charge in [0.05, 0.1) is 33.4 Å². The van der Waals surface area contributed by atoms with Crippen LogP contribution in [0.5, 0.6) is 11.5 Å². The molecule has 2 rings (SSSR count). The van der Waals surface area contributed by atoms with Crippen LogP contribution in [-0.4, -0.2) is 66.9 Å². The van der Waals surface area contributed by atoms with Crippen molar-refractivity contribution in [3.63, 3.8) is 0 Å². The van der Waals surface area contributed by atoms with Gasteiger partial charge in [0.2, 0.25) is 5.79 Å². The van der Waals surface area contributed by atoms with Gasteiger partial charge in [-0.3, -0.25) is 9.59 Å². The van der Waals surface area contributed by atoms with Gasteiger partial charge in [-0.2, -0.15) is 0 Å². The zero-order valence-electron chi connectivity index (χ0n) is 26.2. The van der Waals surface area contributed by atoms with Gasteiger partial charge in [0.1, 0.15) is 17.3 Å². The molecule has 0 bridgehead atoms. The maximum Gasteiger partial charge on any atom is 0.330 e. The molecule has 2 aromatic rings. The lowest BCUT2D eigenvalue weighted by Gasteiger charge is -2.26. The third kappa shape index (κ3) is 13.9. The topological polar surface area (TPSA) is 146 Å². The Hall–Kier alpha value is -4.28. The monoisotopic (exact) mass is 624 g/mol. The van der Waals surface area contributed by atoms with Crippen molar-refractivity contribution in [2.75, 3.05) is 27.4 Å².